The van der Waals surface area contributed by atoms with E-state index in [-0.39, 0.29) is 0 Å². The lowest BCUT2D eigenvalue weighted by molar-refractivity contribution is 0.461. The van der Waals surface area contributed by atoms with Gasteiger partial charge in [-0.2, -0.15) is 0 Å². The molecule has 106 valence electrons. The number of rotatable bonds is 3. The zero-order valence-corrected chi connectivity index (χ0v) is 13.2. The molecule has 3 nitrogen and oxygen atoms in total. The molecule has 0 fully saturated rings. The van der Waals surface area contributed by atoms with Gasteiger partial charge in [-0.15, -0.1) is 0 Å². The Morgan fingerprint density at radius 2 is 1.81 bits per heavy atom. The van der Waals surface area contributed by atoms with Gasteiger partial charge >= 0.3 is 0 Å². The topological polar surface area (TPSA) is 48.1 Å². The van der Waals surface area contributed by atoms with Gasteiger partial charge in [0, 0.05) is 22.8 Å². The molecule has 3 aromatic rings. The highest BCUT2D eigenvalue weighted by atomic mass is 79.9. The van der Waals surface area contributed by atoms with Crippen LogP contribution in [0.4, 0.5) is 0 Å². The van der Waals surface area contributed by atoms with E-state index in [1.807, 2.05) is 43.3 Å². The van der Waals surface area contributed by atoms with E-state index in [2.05, 4.69) is 33.0 Å². The summed E-state index contributed by atoms with van der Waals surface area (Å²) in [6.45, 7) is 2.41. The van der Waals surface area contributed by atoms with E-state index in [9.17, 15) is 0 Å². The molecule has 2 aromatic carbocycles. The van der Waals surface area contributed by atoms with Gasteiger partial charge in [0.05, 0.1) is 0 Å². The molecule has 1 aromatic heterocycles. The average molecular weight is 343 g/mol. The summed E-state index contributed by atoms with van der Waals surface area (Å²) in [5.41, 5.74) is 7.60. The number of nitrogens with zero attached hydrogens (tertiary/aromatic N) is 1. The number of hydrogen-bond acceptors (Lipinski definition) is 3. The van der Waals surface area contributed by atoms with Crippen molar-refractivity contribution in [1.82, 2.24) is 4.98 Å². The Balaban J connectivity index is 1.94. The molecule has 0 aliphatic carbocycles. The molecule has 0 atom stereocenters. The maximum atomic E-state index is 5.86. The lowest BCUT2D eigenvalue weighted by Crippen LogP contribution is -1.99. The molecule has 0 spiro atoms. The molecule has 0 aliphatic rings. The lowest BCUT2D eigenvalue weighted by Gasteiger charge is -2.08. The van der Waals surface area contributed by atoms with Gasteiger partial charge in [0.15, 0.2) is 0 Å². The van der Waals surface area contributed by atoms with Crippen molar-refractivity contribution in [3.05, 3.63) is 64.3 Å². The number of halogens is 1. The number of nitrogens with two attached hydrogens (primary N) is 1. The Morgan fingerprint density at radius 3 is 2.62 bits per heavy atom. The summed E-state index contributed by atoms with van der Waals surface area (Å²) in [7, 11) is 0. The van der Waals surface area contributed by atoms with Gasteiger partial charge < -0.3 is 10.5 Å². The molecule has 0 saturated heterocycles. The number of aromatic nitrogens is 1. The smallest absolute Gasteiger partial charge is 0.219 e. The number of hydrogen-bond donors (Lipinski definition) is 1. The monoisotopic (exact) mass is 342 g/mol. The Morgan fingerprint density at radius 1 is 1.05 bits per heavy atom. The first-order valence-corrected chi connectivity index (χ1v) is 7.48. The fourth-order valence-corrected chi connectivity index (χ4v) is 2.63. The molecular weight excluding hydrogens is 328 g/mol. The minimum absolute atomic E-state index is 0.478. The van der Waals surface area contributed by atoms with Crippen molar-refractivity contribution in [3.8, 4) is 11.6 Å². The number of ether oxygens (including phenoxy) is 1. The second kappa shape index (κ2) is 5.84. The molecule has 1 heterocycles. The van der Waals surface area contributed by atoms with Crippen LogP contribution in [0.1, 0.15) is 11.3 Å². The summed E-state index contributed by atoms with van der Waals surface area (Å²) in [4.78, 5) is 4.39. The van der Waals surface area contributed by atoms with Crippen LogP contribution in [0.25, 0.3) is 10.8 Å². The number of aryl methyl sites for hydroxylation is 1. The predicted molar refractivity (Wildman–Crippen MR) is 88.6 cm³/mol. The second-order valence-electron chi connectivity index (χ2n) is 4.91. The molecular formula is C17H15BrN2O. The van der Waals surface area contributed by atoms with Crippen molar-refractivity contribution in [2.75, 3.05) is 0 Å². The lowest BCUT2D eigenvalue weighted by atomic mass is 10.1. The van der Waals surface area contributed by atoms with Crippen LogP contribution in [-0.2, 0) is 6.54 Å². The molecule has 0 bridgehead atoms. The highest BCUT2D eigenvalue weighted by Crippen LogP contribution is 2.27. The number of pyridine rings is 1. The number of fused-ring (bicyclic) bond motifs is 1. The van der Waals surface area contributed by atoms with Crippen LogP contribution in [0.5, 0.6) is 11.6 Å². The van der Waals surface area contributed by atoms with Gasteiger partial charge in [0.25, 0.3) is 0 Å². The third-order valence-corrected chi connectivity index (χ3v) is 3.71. The van der Waals surface area contributed by atoms with Crippen molar-refractivity contribution in [2.45, 2.75) is 13.5 Å². The van der Waals surface area contributed by atoms with Crippen LogP contribution in [0.2, 0.25) is 0 Å². The van der Waals surface area contributed by atoms with Gasteiger partial charge in [0.1, 0.15) is 5.75 Å². The Labute approximate surface area is 131 Å². The normalized spacial score (nSPS) is 10.8. The van der Waals surface area contributed by atoms with Crippen molar-refractivity contribution < 1.29 is 4.74 Å². The first-order chi connectivity index (χ1) is 10.1. The quantitative estimate of drug-likeness (QED) is 0.759. The first-order valence-electron chi connectivity index (χ1n) is 6.69. The summed E-state index contributed by atoms with van der Waals surface area (Å²) < 4.78 is 6.93. The predicted octanol–water partition coefficient (Wildman–Crippen LogP) is 4.56. The third-order valence-electron chi connectivity index (χ3n) is 3.22. The fraction of sp³-hybridized carbons (Fsp3) is 0.118. The number of benzene rings is 2. The Kier molecular flexibility index (Phi) is 3.90. The molecule has 21 heavy (non-hydrogen) atoms. The van der Waals surface area contributed by atoms with Gasteiger partial charge in [-0.25, -0.2) is 4.98 Å². The van der Waals surface area contributed by atoms with Crippen molar-refractivity contribution in [2.24, 2.45) is 5.73 Å². The first kappa shape index (κ1) is 14.0. The van der Waals surface area contributed by atoms with Crippen LogP contribution < -0.4 is 10.5 Å². The molecule has 0 amide bonds. The summed E-state index contributed by atoms with van der Waals surface area (Å²) in [5.74, 6) is 1.35. The van der Waals surface area contributed by atoms with Crippen LogP contribution in [-0.4, -0.2) is 4.98 Å². The summed E-state index contributed by atoms with van der Waals surface area (Å²) >= 11 is 3.48. The minimum Gasteiger partial charge on any atom is -0.439 e. The van der Waals surface area contributed by atoms with Gasteiger partial charge in [-0.3, -0.25) is 0 Å². The Bertz CT molecular complexity index is 802. The minimum atomic E-state index is 0.478. The van der Waals surface area contributed by atoms with Crippen molar-refractivity contribution >= 4 is 26.7 Å². The van der Waals surface area contributed by atoms with Crippen molar-refractivity contribution in [3.63, 3.8) is 0 Å². The highest BCUT2D eigenvalue weighted by Gasteiger charge is 2.04. The average Bonchev–Trinajstić information content (AvgIpc) is 2.47. The summed E-state index contributed by atoms with van der Waals surface area (Å²) in [6, 6.07) is 16.0. The molecule has 4 heteroatoms. The van der Waals surface area contributed by atoms with Gasteiger partial charge in [0.2, 0.25) is 5.88 Å². The molecule has 0 unspecified atom stereocenters. The molecule has 2 N–H and O–H groups in total. The zero-order chi connectivity index (χ0) is 14.8. The molecule has 0 aliphatic heterocycles. The van der Waals surface area contributed by atoms with Crippen molar-refractivity contribution in [1.29, 1.82) is 0 Å². The zero-order valence-electron chi connectivity index (χ0n) is 11.6. The molecule has 3 rings (SSSR count). The SMILES string of the molecule is Cc1cc(CN)cc(Oc2ccc3cc(Br)ccc3c2)n1. The standard InChI is InChI=1S/C17H15BrN2O/c1-11-6-12(10-19)7-17(20-11)21-16-5-3-13-8-15(18)4-2-14(13)9-16/h2-9H,10,19H2,1H3. The van der Waals surface area contributed by atoms with E-state index >= 15 is 0 Å². The van der Waals surface area contributed by atoms with E-state index in [1.165, 1.54) is 0 Å². The van der Waals surface area contributed by atoms with Crippen LogP contribution in [0.15, 0.2) is 53.0 Å². The molecule has 0 saturated carbocycles. The maximum absolute atomic E-state index is 5.86. The highest BCUT2D eigenvalue weighted by molar-refractivity contribution is 9.10. The maximum Gasteiger partial charge on any atom is 0.219 e. The largest absolute Gasteiger partial charge is 0.439 e. The van der Waals surface area contributed by atoms with Crippen LogP contribution in [0.3, 0.4) is 0 Å². The summed E-state index contributed by atoms with van der Waals surface area (Å²) in [6.07, 6.45) is 0. The fourth-order valence-electron chi connectivity index (χ4n) is 2.26. The van der Waals surface area contributed by atoms with Crippen LogP contribution >= 0.6 is 15.9 Å². The Hall–Kier alpha value is -1.91. The van der Waals surface area contributed by atoms with E-state index in [1.54, 1.807) is 0 Å². The molecule has 0 radical (unpaired) electrons. The van der Waals surface area contributed by atoms with Gasteiger partial charge in [-0.05, 0) is 53.6 Å². The summed E-state index contributed by atoms with van der Waals surface area (Å²) in [5, 5.41) is 2.29. The van der Waals surface area contributed by atoms with E-state index < -0.39 is 0 Å². The van der Waals surface area contributed by atoms with Gasteiger partial charge in [-0.1, -0.05) is 28.1 Å². The van der Waals surface area contributed by atoms with E-state index in [4.69, 9.17) is 10.5 Å². The van der Waals surface area contributed by atoms with Crippen LogP contribution in [0, 0.1) is 6.92 Å². The van der Waals surface area contributed by atoms with E-state index in [0.29, 0.717) is 12.4 Å². The third kappa shape index (κ3) is 3.23. The van der Waals surface area contributed by atoms with E-state index in [0.717, 1.165) is 32.3 Å². The second-order valence-corrected chi connectivity index (χ2v) is 5.83.